The highest BCUT2D eigenvalue weighted by Gasteiger charge is 2.36. The van der Waals surface area contributed by atoms with E-state index in [2.05, 4.69) is 5.32 Å². The lowest BCUT2D eigenvalue weighted by Gasteiger charge is -2.28. The summed E-state index contributed by atoms with van der Waals surface area (Å²) in [7, 11) is 0. The van der Waals surface area contributed by atoms with Crippen LogP contribution in [0.4, 0.5) is 0 Å². The van der Waals surface area contributed by atoms with E-state index >= 15 is 0 Å². The van der Waals surface area contributed by atoms with Crippen LogP contribution in [0.5, 0.6) is 0 Å². The van der Waals surface area contributed by atoms with Crippen LogP contribution in [0.1, 0.15) is 51.4 Å². The average Bonchev–Trinajstić information content (AvgIpc) is 2.87. The summed E-state index contributed by atoms with van der Waals surface area (Å²) in [6, 6.07) is 0.213. The van der Waals surface area contributed by atoms with Gasteiger partial charge in [-0.1, -0.05) is 72.6 Å². The third-order valence-electron chi connectivity index (χ3n) is 4.82. The number of halogens is 3. The highest BCUT2D eigenvalue weighted by molar-refractivity contribution is 6.59. The van der Waals surface area contributed by atoms with Gasteiger partial charge in [0.2, 0.25) is 5.91 Å². The lowest BCUT2D eigenvalue weighted by Crippen LogP contribution is -2.43. The van der Waals surface area contributed by atoms with Crippen molar-refractivity contribution in [2.24, 2.45) is 11.8 Å². The van der Waals surface area contributed by atoms with Crippen molar-refractivity contribution in [3.63, 3.8) is 0 Å². The zero-order valence-corrected chi connectivity index (χ0v) is 16.4. The van der Waals surface area contributed by atoms with Crippen molar-refractivity contribution in [2.75, 3.05) is 6.61 Å². The summed E-state index contributed by atoms with van der Waals surface area (Å²) in [5.74, 6) is -1.42. The lowest BCUT2D eigenvalue weighted by atomic mass is 9.82. The summed E-state index contributed by atoms with van der Waals surface area (Å²) >= 11 is 16.9. The molecule has 1 amide bonds. The van der Waals surface area contributed by atoms with Crippen LogP contribution in [0.25, 0.3) is 0 Å². The molecule has 0 saturated heterocycles. The lowest BCUT2D eigenvalue weighted by molar-refractivity contribution is -0.152. The summed E-state index contributed by atoms with van der Waals surface area (Å²) in [6.07, 6.45) is 11.6. The minimum Gasteiger partial charge on any atom is -0.460 e. The average molecular weight is 409 g/mol. The van der Waals surface area contributed by atoms with Gasteiger partial charge < -0.3 is 10.1 Å². The number of carbonyl (C=O) groups excluding carboxylic acids is 2. The second kappa shape index (κ2) is 10.4. The third-order valence-corrected chi connectivity index (χ3v) is 5.77. The summed E-state index contributed by atoms with van der Waals surface area (Å²) in [6.45, 7) is -0.181. The first-order valence-corrected chi connectivity index (χ1v) is 9.94. The molecule has 140 valence electrons. The molecule has 0 radical (unpaired) electrons. The summed E-state index contributed by atoms with van der Waals surface area (Å²) < 4.78 is 5.06. The third kappa shape index (κ3) is 6.50. The van der Waals surface area contributed by atoms with Crippen LogP contribution in [-0.4, -0.2) is 24.5 Å². The normalized spacial score (nSPS) is 24.3. The molecule has 0 aromatic carbocycles. The predicted octanol–water partition coefficient (Wildman–Crippen LogP) is 4.84. The molecule has 0 unspecified atom stereocenters. The Kier molecular flexibility index (Phi) is 8.60. The van der Waals surface area contributed by atoms with Crippen LogP contribution in [-0.2, 0) is 14.3 Å². The van der Waals surface area contributed by atoms with Gasteiger partial charge in [-0.15, -0.1) is 0 Å². The van der Waals surface area contributed by atoms with E-state index in [1.165, 1.54) is 12.8 Å². The first-order valence-electron chi connectivity index (χ1n) is 8.80. The van der Waals surface area contributed by atoms with E-state index in [1.54, 1.807) is 0 Å². The van der Waals surface area contributed by atoms with Crippen molar-refractivity contribution in [3.8, 4) is 0 Å². The minimum absolute atomic E-state index is 0.0600. The van der Waals surface area contributed by atoms with Crippen LogP contribution >= 0.6 is 34.8 Å². The fraction of sp³-hybridized carbons (Fsp3) is 0.667. The second-order valence-electron chi connectivity index (χ2n) is 6.63. The van der Waals surface area contributed by atoms with Gasteiger partial charge in [-0.3, -0.25) is 9.59 Å². The van der Waals surface area contributed by atoms with Crippen LogP contribution in [0.15, 0.2) is 21.7 Å². The quantitative estimate of drug-likeness (QED) is 0.402. The zero-order valence-electron chi connectivity index (χ0n) is 14.1. The smallest absolute Gasteiger partial charge is 0.310 e. The molecule has 2 atom stereocenters. The molecular formula is C18H24Cl3NO3. The van der Waals surface area contributed by atoms with Gasteiger partial charge in [-0.05, 0) is 25.7 Å². The van der Waals surface area contributed by atoms with Crippen molar-refractivity contribution in [1.82, 2.24) is 5.32 Å². The van der Waals surface area contributed by atoms with Gasteiger partial charge in [0.05, 0.1) is 16.9 Å². The monoisotopic (exact) mass is 407 g/mol. The molecule has 0 aromatic heterocycles. The van der Waals surface area contributed by atoms with E-state index in [9.17, 15) is 9.59 Å². The number of esters is 1. The Morgan fingerprint density at radius 1 is 0.960 bits per heavy atom. The van der Waals surface area contributed by atoms with Gasteiger partial charge in [-0.2, -0.15) is 0 Å². The van der Waals surface area contributed by atoms with E-state index in [0.717, 1.165) is 25.7 Å². The van der Waals surface area contributed by atoms with Crippen LogP contribution < -0.4 is 5.32 Å². The molecule has 0 heterocycles. The molecule has 0 aromatic rings. The molecular weight excluding hydrogens is 385 g/mol. The van der Waals surface area contributed by atoms with Gasteiger partial charge in [0.1, 0.15) is 11.1 Å². The number of hydrogen-bond donors (Lipinski definition) is 1. The summed E-state index contributed by atoms with van der Waals surface area (Å²) in [5.41, 5.74) is 0. The van der Waals surface area contributed by atoms with E-state index in [1.807, 2.05) is 12.2 Å². The molecule has 0 spiro atoms. The Balaban J connectivity index is 1.94. The number of nitrogens with one attached hydrogen (secondary N) is 1. The fourth-order valence-corrected chi connectivity index (χ4v) is 3.56. The van der Waals surface area contributed by atoms with Gasteiger partial charge in [-0.25, -0.2) is 0 Å². The number of amides is 1. The van der Waals surface area contributed by atoms with Gasteiger partial charge in [0.25, 0.3) is 0 Å². The second-order valence-corrected chi connectivity index (χ2v) is 8.03. The number of ether oxygens (including phenoxy) is 1. The molecule has 4 nitrogen and oxygen atoms in total. The number of allylic oxidation sites excluding steroid dienone is 2. The minimum atomic E-state index is -0.505. The maximum absolute atomic E-state index is 12.7. The Morgan fingerprint density at radius 2 is 1.56 bits per heavy atom. The maximum Gasteiger partial charge on any atom is 0.310 e. The first kappa shape index (κ1) is 20.6. The Morgan fingerprint density at radius 3 is 2.16 bits per heavy atom. The standard InChI is InChI=1S/C18H24Cl3NO3/c19-15(16(20)21)11-25-18(24)14-10-6-5-9-13(14)17(23)22-12-7-3-1-2-4-8-12/h5-6,12-14H,1-4,7-11H2,(H,22,23)/t13-,14+/m1/s1. The van der Waals surface area contributed by atoms with E-state index < -0.39 is 17.8 Å². The Hall–Kier alpha value is -0.710. The Bertz CT molecular complexity index is 536. The van der Waals surface area contributed by atoms with Crippen molar-refractivity contribution in [2.45, 2.75) is 57.4 Å². The van der Waals surface area contributed by atoms with Crippen molar-refractivity contribution in [3.05, 3.63) is 21.7 Å². The first-order chi connectivity index (χ1) is 12.0. The summed E-state index contributed by atoms with van der Waals surface area (Å²) in [4.78, 5) is 25.1. The van der Waals surface area contributed by atoms with Crippen LogP contribution in [0, 0.1) is 11.8 Å². The summed E-state index contributed by atoms with van der Waals surface area (Å²) in [5, 5.41) is 3.21. The molecule has 25 heavy (non-hydrogen) atoms. The van der Waals surface area contributed by atoms with E-state index in [0.29, 0.717) is 12.8 Å². The van der Waals surface area contributed by atoms with Crippen molar-refractivity contribution in [1.29, 1.82) is 0 Å². The molecule has 2 aliphatic carbocycles. The van der Waals surface area contributed by atoms with Crippen LogP contribution in [0.2, 0.25) is 0 Å². The highest BCUT2D eigenvalue weighted by atomic mass is 35.5. The van der Waals surface area contributed by atoms with E-state index in [4.69, 9.17) is 39.5 Å². The van der Waals surface area contributed by atoms with Crippen molar-refractivity contribution >= 4 is 46.7 Å². The molecule has 0 aliphatic heterocycles. The Labute approximate surface area is 163 Å². The molecule has 0 bridgehead atoms. The molecule has 1 N–H and O–H groups in total. The molecule has 7 heteroatoms. The number of rotatable bonds is 5. The van der Waals surface area contributed by atoms with Gasteiger partial charge in [0, 0.05) is 6.04 Å². The largest absolute Gasteiger partial charge is 0.460 e. The van der Waals surface area contributed by atoms with Gasteiger partial charge in [0.15, 0.2) is 0 Å². The maximum atomic E-state index is 12.7. The SMILES string of the molecule is O=C(OCC(Cl)=C(Cl)Cl)[C@H]1CC=CC[C@H]1C(=O)NC1CCCCCC1. The number of carbonyl (C=O) groups is 2. The molecule has 1 saturated carbocycles. The highest BCUT2D eigenvalue weighted by Crippen LogP contribution is 2.29. The number of hydrogen-bond acceptors (Lipinski definition) is 3. The fourth-order valence-electron chi connectivity index (χ4n) is 3.39. The van der Waals surface area contributed by atoms with Crippen molar-refractivity contribution < 1.29 is 14.3 Å². The van der Waals surface area contributed by atoms with Crippen LogP contribution in [0.3, 0.4) is 0 Å². The zero-order chi connectivity index (χ0) is 18.2. The molecule has 1 fully saturated rings. The van der Waals surface area contributed by atoms with Gasteiger partial charge >= 0.3 is 5.97 Å². The molecule has 2 rings (SSSR count). The van der Waals surface area contributed by atoms with E-state index in [-0.39, 0.29) is 28.1 Å². The topological polar surface area (TPSA) is 55.4 Å². The predicted molar refractivity (Wildman–Crippen MR) is 101 cm³/mol. The molecule has 2 aliphatic rings.